The summed E-state index contributed by atoms with van der Waals surface area (Å²) in [6.45, 7) is 0. The molecule has 0 N–H and O–H groups in total. The second-order valence-corrected chi connectivity index (χ2v) is 4.67. The highest BCUT2D eigenvalue weighted by Gasteiger charge is 2.63. The smallest absolute Gasteiger partial charge is 0.417 e. The topological polar surface area (TPSA) is 30.2 Å². The van der Waals surface area contributed by atoms with Gasteiger partial charge in [-0.1, -0.05) is 0 Å². The van der Waals surface area contributed by atoms with Gasteiger partial charge in [0.05, 0.1) is 5.56 Å². The van der Waals surface area contributed by atoms with Crippen molar-refractivity contribution in [3.8, 4) is 0 Å². The molecular formula is C12F12O2. The Bertz CT molecular complexity index is 950. The first-order valence-electron chi connectivity index (χ1n) is 5.88. The summed E-state index contributed by atoms with van der Waals surface area (Å²) in [5, 5.41) is -5.12. The molecule has 1 aromatic carbocycles. The largest absolute Gasteiger partial charge is 0.458 e. The molecule has 0 unspecified atom stereocenters. The maximum Gasteiger partial charge on any atom is 0.458 e. The lowest BCUT2D eigenvalue weighted by atomic mass is 9.97. The molecule has 0 bridgehead atoms. The van der Waals surface area contributed by atoms with Crippen LogP contribution in [0.2, 0.25) is 0 Å². The fraction of sp³-hybridized carbons (Fsp3) is 0.250. The number of fused-ring (bicyclic) bond motifs is 1. The van der Waals surface area contributed by atoms with Gasteiger partial charge in [-0.3, -0.25) is 0 Å². The second-order valence-electron chi connectivity index (χ2n) is 4.67. The third-order valence-electron chi connectivity index (χ3n) is 3.07. The molecule has 14 heteroatoms. The summed E-state index contributed by atoms with van der Waals surface area (Å²) in [6, 6.07) is 0. The van der Waals surface area contributed by atoms with Crippen LogP contribution in [0.1, 0.15) is 11.3 Å². The Kier molecular flexibility index (Phi) is 4.24. The molecule has 0 amide bonds. The van der Waals surface area contributed by atoms with Crippen LogP contribution in [-0.2, 0) is 12.1 Å². The van der Waals surface area contributed by atoms with E-state index in [-0.39, 0.29) is 0 Å². The number of hydrogen-bond donors (Lipinski definition) is 0. The molecule has 144 valence electrons. The van der Waals surface area contributed by atoms with Crippen molar-refractivity contribution in [3.05, 3.63) is 45.0 Å². The molecule has 0 radical (unpaired) electrons. The van der Waals surface area contributed by atoms with Gasteiger partial charge in [0, 0.05) is 5.39 Å². The number of hydrogen-bond acceptors (Lipinski definition) is 2. The molecule has 2 rings (SSSR count). The third-order valence-corrected chi connectivity index (χ3v) is 3.07. The van der Waals surface area contributed by atoms with Crippen LogP contribution >= 0.6 is 0 Å². The van der Waals surface area contributed by atoms with Gasteiger partial charge in [-0.2, -0.15) is 35.1 Å². The van der Waals surface area contributed by atoms with Crippen LogP contribution in [0.3, 0.4) is 0 Å². The molecular weight excluding hydrogens is 404 g/mol. The molecule has 2 nitrogen and oxygen atoms in total. The van der Waals surface area contributed by atoms with Crippen molar-refractivity contribution in [1.82, 2.24) is 0 Å². The highest BCUT2D eigenvalue weighted by Crippen LogP contribution is 2.50. The normalized spacial score (nSPS) is 13.5. The summed E-state index contributed by atoms with van der Waals surface area (Å²) in [5.41, 5.74) is -6.06. The van der Waals surface area contributed by atoms with E-state index in [1.165, 1.54) is 0 Å². The molecule has 1 heterocycles. The van der Waals surface area contributed by atoms with Crippen molar-refractivity contribution >= 4 is 10.8 Å². The molecule has 0 saturated carbocycles. The Balaban J connectivity index is 3.30. The van der Waals surface area contributed by atoms with Gasteiger partial charge >= 0.3 is 23.9 Å². The van der Waals surface area contributed by atoms with Gasteiger partial charge in [0.15, 0.2) is 23.3 Å². The molecule has 0 aliphatic rings. The van der Waals surface area contributed by atoms with E-state index in [0.29, 0.717) is 0 Å². The number of halogens is 12. The minimum absolute atomic E-state index is 2.38. The minimum atomic E-state index is -6.83. The number of benzene rings is 1. The van der Waals surface area contributed by atoms with E-state index >= 15 is 0 Å². The predicted octanol–water partition coefficient (Wildman–Crippen LogP) is 5.02. The van der Waals surface area contributed by atoms with E-state index in [9.17, 15) is 57.5 Å². The van der Waals surface area contributed by atoms with Crippen LogP contribution in [0.4, 0.5) is 52.7 Å². The second kappa shape index (κ2) is 5.54. The van der Waals surface area contributed by atoms with Crippen molar-refractivity contribution in [2.75, 3.05) is 0 Å². The van der Waals surface area contributed by atoms with Crippen LogP contribution in [0.15, 0.2) is 9.21 Å². The zero-order valence-corrected chi connectivity index (χ0v) is 11.4. The molecule has 0 spiro atoms. The summed E-state index contributed by atoms with van der Waals surface area (Å²) in [5.74, 6) is -21.6. The summed E-state index contributed by atoms with van der Waals surface area (Å²) in [4.78, 5) is 11.3. The van der Waals surface area contributed by atoms with Crippen molar-refractivity contribution in [2.45, 2.75) is 18.3 Å². The molecule has 0 saturated heterocycles. The van der Waals surface area contributed by atoms with Gasteiger partial charge in [0.25, 0.3) is 0 Å². The Morgan fingerprint density at radius 2 is 1.08 bits per heavy atom. The Morgan fingerprint density at radius 1 is 0.654 bits per heavy atom. The standard InChI is InChI=1S/C12F12O2/c13-4-1-2(5(14)7(16)6(4)15)9(25)26-8(11(19,20)21)3(1)10(17,18)12(22,23)24. The van der Waals surface area contributed by atoms with E-state index in [2.05, 4.69) is 4.42 Å². The minimum Gasteiger partial charge on any atom is -0.417 e. The van der Waals surface area contributed by atoms with Crippen molar-refractivity contribution < 1.29 is 57.1 Å². The molecule has 26 heavy (non-hydrogen) atoms. The quantitative estimate of drug-likeness (QED) is 0.380. The van der Waals surface area contributed by atoms with Crippen LogP contribution < -0.4 is 5.63 Å². The lowest BCUT2D eigenvalue weighted by Crippen LogP contribution is -2.37. The van der Waals surface area contributed by atoms with Crippen LogP contribution in [-0.4, -0.2) is 6.18 Å². The van der Waals surface area contributed by atoms with Gasteiger partial charge in [0.2, 0.25) is 5.76 Å². The van der Waals surface area contributed by atoms with Gasteiger partial charge in [-0.05, 0) is 0 Å². The van der Waals surface area contributed by atoms with Gasteiger partial charge in [0.1, 0.15) is 5.39 Å². The monoisotopic (exact) mass is 404 g/mol. The highest BCUT2D eigenvalue weighted by atomic mass is 19.4. The van der Waals surface area contributed by atoms with Gasteiger partial charge < -0.3 is 4.42 Å². The maximum absolute atomic E-state index is 13.7. The number of rotatable bonds is 1. The summed E-state index contributed by atoms with van der Waals surface area (Å²) >= 11 is 0. The summed E-state index contributed by atoms with van der Waals surface area (Å²) in [6.07, 6.45) is -13.1. The molecule has 2 aromatic rings. The van der Waals surface area contributed by atoms with Crippen LogP contribution in [0, 0.1) is 23.3 Å². The van der Waals surface area contributed by atoms with E-state index in [1.54, 1.807) is 0 Å². The number of alkyl halides is 8. The average molecular weight is 404 g/mol. The van der Waals surface area contributed by atoms with E-state index in [0.717, 1.165) is 0 Å². The zero-order chi connectivity index (χ0) is 20.4. The zero-order valence-electron chi connectivity index (χ0n) is 11.4. The molecule has 0 atom stereocenters. The highest BCUT2D eigenvalue weighted by molar-refractivity contribution is 5.87. The SMILES string of the molecule is O=c1oc(C(F)(F)F)c(C(F)(F)C(F)(F)F)c2c(F)c(F)c(F)c(F)c12. The maximum atomic E-state index is 13.7. The van der Waals surface area contributed by atoms with Crippen molar-refractivity contribution in [1.29, 1.82) is 0 Å². The lowest BCUT2D eigenvalue weighted by Gasteiger charge is -2.24. The first kappa shape index (κ1) is 19.9. The van der Waals surface area contributed by atoms with Crippen molar-refractivity contribution in [3.63, 3.8) is 0 Å². The predicted molar refractivity (Wildman–Crippen MR) is 57.3 cm³/mol. The molecule has 0 aliphatic carbocycles. The Hall–Kier alpha value is -2.41. The fourth-order valence-electron chi connectivity index (χ4n) is 2.01. The van der Waals surface area contributed by atoms with Gasteiger partial charge in [-0.25, -0.2) is 22.4 Å². The van der Waals surface area contributed by atoms with E-state index in [4.69, 9.17) is 0 Å². The Labute approximate surface area is 132 Å². The summed E-state index contributed by atoms with van der Waals surface area (Å²) < 4.78 is 160. The lowest BCUT2D eigenvalue weighted by molar-refractivity contribution is -0.291. The third kappa shape index (κ3) is 2.67. The van der Waals surface area contributed by atoms with Crippen molar-refractivity contribution in [2.24, 2.45) is 0 Å². The first-order chi connectivity index (χ1) is 11.5. The Morgan fingerprint density at radius 3 is 1.46 bits per heavy atom. The average Bonchev–Trinajstić information content (AvgIpc) is 2.47. The molecule has 0 aliphatic heterocycles. The van der Waals surface area contributed by atoms with Gasteiger partial charge in [-0.15, -0.1) is 0 Å². The molecule has 0 fully saturated rings. The molecule has 1 aromatic heterocycles. The fourth-order valence-corrected chi connectivity index (χ4v) is 2.01. The van der Waals surface area contributed by atoms with Crippen LogP contribution in [0.5, 0.6) is 0 Å². The van der Waals surface area contributed by atoms with Crippen LogP contribution in [0.25, 0.3) is 10.8 Å². The first-order valence-corrected chi connectivity index (χ1v) is 5.88. The summed E-state index contributed by atoms with van der Waals surface area (Å²) in [7, 11) is 0. The van der Waals surface area contributed by atoms with E-state index in [1.807, 2.05) is 0 Å². The van der Waals surface area contributed by atoms with E-state index < -0.39 is 69.3 Å².